The molecule has 0 aliphatic carbocycles. The van der Waals surface area contributed by atoms with Crippen LogP contribution in [0.4, 0.5) is 0 Å². The molecule has 0 aliphatic heterocycles. The summed E-state index contributed by atoms with van der Waals surface area (Å²) in [5, 5.41) is 9.16. The fourth-order valence-corrected chi connectivity index (χ4v) is 1.55. The van der Waals surface area contributed by atoms with Gasteiger partial charge < -0.3 is 14.3 Å². The molecule has 0 spiro atoms. The van der Waals surface area contributed by atoms with Crippen LogP contribution in [0.1, 0.15) is 11.3 Å². The van der Waals surface area contributed by atoms with E-state index in [1.807, 2.05) is 6.92 Å². The lowest BCUT2D eigenvalue weighted by atomic mass is 10.2. The van der Waals surface area contributed by atoms with Crippen molar-refractivity contribution in [1.29, 1.82) is 0 Å². The molecule has 4 nitrogen and oxygen atoms in total. The van der Waals surface area contributed by atoms with E-state index in [1.165, 1.54) is 6.08 Å². The van der Waals surface area contributed by atoms with Gasteiger partial charge in [-0.3, -0.25) is 0 Å². The van der Waals surface area contributed by atoms with E-state index in [0.717, 1.165) is 11.6 Å². The Morgan fingerprint density at radius 2 is 2.16 bits per heavy atom. The molecule has 0 saturated heterocycles. The molecule has 0 saturated carbocycles. The first kappa shape index (κ1) is 13.2. The number of hydrogen-bond donors (Lipinski definition) is 1. The second-order valence-corrected chi connectivity index (χ2v) is 4.25. The highest BCUT2D eigenvalue weighted by Crippen LogP contribution is 2.27. The van der Waals surface area contributed by atoms with Crippen molar-refractivity contribution in [2.45, 2.75) is 6.92 Å². The first-order valence-electron chi connectivity index (χ1n) is 5.49. The molecular weight excluding hydrogens is 268 g/mol. The maximum Gasteiger partial charge on any atom is 0.328 e. The average Bonchev–Trinajstić information content (AvgIpc) is 2.79. The van der Waals surface area contributed by atoms with Crippen molar-refractivity contribution < 1.29 is 19.1 Å². The molecule has 0 fully saturated rings. The number of benzene rings is 1. The summed E-state index contributed by atoms with van der Waals surface area (Å²) in [6.45, 7) is 1.87. The smallest absolute Gasteiger partial charge is 0.328 e. The summed E-state index contributed by atoms with van der Waals surface area (Å²) >= 11 is 5.91. The standard InChI is InChI=1S/C14H11ClO4/c1-9-8-11(2-5-12(9)15)19-14-7-4-10(18-14)3-6-13(16)17/h2-8H,1H3,(H,16,17)/b6-3+. The number of halogens is 1. The summed E-state index contributed by atoms with van der Waals surface area (Å²) in [4.78, 5) is 10.4. The number of hydrogen-bond acceptors (Lipinski definition) is 3. The Hall–Kier alpha value is -2.20. The third-order valence-corrected chi connectivity index (χ3v) is 2.76. The van der Waals surface area contributed by atoms with Gasteiger partial charge in [0.25, 0.3) is 5.95 Å². The SMILES string of the molecule is Cc1cc(Oc2ccc(/C=C/C(=O)O)o2)ccc1Cl. The minimum atomic E-state index is -1.04. The fourth-order valence-electron chi connectivity index (χ4n) is 1.43. The van der Waals surface area contributed by atoms with Crippen LogP contribution in [0.25, 0.3) is 6.08 Å². The Morgan fingerprint density at radius 1 is 1.37 bits per heavy atom. The molecule has 0 unspecified atom stereocenters. The molecule has 0 aliphatic rings. The molecule has 2 rings (SSSR count). The minimum Gasteiger partial charge on any atom is -0.478 e. The zero-order valence-electron chi connectivity index (χ0n) is 10.1. The zero-order chi connectivity index (χ0) is 13.8. The maximum atomic E-state index is 10.4. The van der Waals surface area contributed by atoms with Crippen LogP contribution < -0.4 is 4.74 Å². The molecule has 0 bridgehead atoms. The average molecular weight is 279 g/mol. The molecular formula is C14H11ClO4. The highest BCUT2D eigenvalue weighted by molar-refractivity contribution is 6.31. The molecule has 0 atom stereocenters. The minimum absolute atomic E-state index is 0.284. The van der Waals surface area contributed by atoms with Crippen LogP contribution in [0.2, 0.25) is 5.02 Å². The molecule has 1 aromatic heterocycles. The number of carbonyl (C=O) groups is 1. The first-order valence-corrected chi connectivity index (χ1v) is 5.87. The summed E-state index contributed by atoms with van der Waals surface area (Å²) in [6.07, 6.45) is 2.34. The van der Waals surface area contributed by atoms with Crippen molar-refractivity contribution in [3.8, 4) is 11.7 Å². The van der Waals surface area contributed by atoms with E-state index in [0.29, 0.717) is 16.5 Å². The predicted molar refractivity (Wildman–Crippen MR) is 71.6 cm³/mol. The van der Waals surface area contributed by atoms with Gasteiger partial charge in [-0.05, 0) is 42.8 Å². The lowest BCUT2D eigenvalue weighted by molar-refractivity contribution is -0.131. The Bertz CT molecular complexity index is 628. The van der Waals surface area contributed by atoms with Crippen molar-refractivity contribution in [1.82, 2.24) is 0 Å². The van der Waals surface area contributed by atoms with Crippen LogP contribution in [-0.2, 0) is 4.79 Å². The summed E-state index contributed by atoms with van der Waals surface area (Å²) in [7, 11) is 0. The monoisotopic (exact) mass is 278 g/mol. The molecule has 0 radical (unpaired) electrons. The number of ether oxygens (including phenoxy) is 1. The predicted octanol–water partition coefficient (Wildman–Crippen LogP) is 4.13. The van der Waals surface area contributed by atoms with Gasteiger partial charge in [-0.15, -0.1) is 0 Å². The Balaban J connectivity index is 2.11. The Morgan fingerprint density at radius 3 is 2.84 bits per heavy atom. The fraction of sp³-hybridized carbons (Fsp3) is 0.0714. The zero-order valence-corrected chi connectivity index (χ0v) is 10.8. The quantitative estimate of drug-likeness (QED) is 0.854. The number of aliphatic carboxylic acids is 1. The highest BCUT2D eigenvalue weighted by atomic mass is 35.5. The second-order valence-electron chi connectivity index (χ2n) is 3.84. The Kier molecular flexibility index (Phi) is 3.92. The van der Waals surface area contributed by atoms with Crippen molar-refractivity contribution >= 4 is 23.6 Å². The molecule has 0 amide bonds. The van der Waals surface area contributed by atoms with Gasteiger partial charge in [0.05, 0.1) is 0 Å². The van der Waals surface area contributed by atoms with Gasteiger partial charge in [-0.1, -0.05) is 11.6 Å². The Labute approximate surface area is 114 Å². The van der Waals surface area contributed by atoms with Crippen LogP contribution in [0.15, 0.2) is 40.8 Å². The first-order chi connectivity index (χ1) is 9.04. The van der Waals surface area contributed by atoms with E-state index in [-0.39, 0.29) is 5.95 Å². The third-order valence-electron chi connectivity index (χ3n) is 2.34. The van der Waals surface area contributed by atoms with Crippen molar-refractivity contribution in [3.05, 3.63) is 52.8 Å². The summed E-state index contributed by atoms with van der Waals surface area (Å²) in [5.41, 5.74) is 0.900. The van der Waals surface area contributed by atoms with Crippen LogP contribution in [-0.4, -0.2) is 11.1 Å². The van der Waals surface area contributed by atoms with E-state index in [2.05, 4.69) is 0 Å². The van der Waals surface area contributed by atoms with Crippen LogP contribution >= 0.6 is 11.6 Å². The molecule has 1 N–H and O–H groups in total. The molecule has 5 heteroatoms. The highest BCUT2D eigenvalue weighted by Gasteiger charge is 2.04. The maximum absolute atomic E-state index is 10.4. The number of furan rings is 1. The number of carboxylic acids is 1. The van der Waals surface area contributed by atoms with E-state index in [1.54, 1.807) is 30.3 Å². The van der Waals surface area contributed by atoms with Gasteiger partial charge in [0.1, 0.15) is 11.5 Å². The van der Waals surface area contributed by atoms with Gasteiger partial charge in [-0.2, -0.15) is 0 Å². The largest absolute Gasteiger partial charge is 0.478 e. The van der Waals surface area contributed by atoms with Crippen molar-refractivity contribution in [3.63, 3.8) is 0 Å². The van der Waals surface area contributed by atoms with Gasteiger partial charge >= 0.3 is 5.97 Å². The van der Waals surface area contributed by atoms with Crippen LogP contribution in [0.5, 0.6) is 11.7 Å². The summed E-state index contributed by atoms with van der Waals surface area (Å²) < 4.78 is 10.8. The second kappa shape index (κ2) is 5.63. The van der Waals surface area contributed by atoms with E-state index in [4.69, 9.17) is 25.9 Å². The summed E-state index contributed by atoms with van der Waals surface area (Å²) in [5.74, 6) is 0.257. The summed E-state index contributed by atoms with van der Waals surface area (Å²) in [6, 6.07) is 8.49. The molecule has 1 heterocycles. The van der Waals surface area contributed by atoms with E-state index < -0.39 is 5.97 Å². The lowest BCUT2D eigenvalue weighted by Gasteiger charge is -2.03. The number of rotatable bonds is 4. The molecule has 1 aromatic carbocycles. The molecule has 19 heavy (non-hydrogen) atoms. The molecule has 2 aromatic rings. The van der Waals surface area contributed by atoms with Gasteiger partial charge in [0, 0.05) is 17.2 Å². The van der Waals surface area contributed by atoms with Crippen molar-refractivity contribution in [2.24, 2.45) is 0 Å². The third kappa shape index (κ3) is 3.63. The van der Waals surface area contributed by atoms with E-state index in [9.17, 15) is 4.79 Å². The molecule has 98 valence electrons. The topological polar surface area (TPSA) is 59.7 Å². The van der Waals surface area contributed by atoms with E-state index >= 15 is 0 Å². The van der Waals surface area contributed by atoms with Crippen LogP contribution in [0, 0.1) is 6.92 Å². The van der Waals surface area contributed by atoms with Gasteiger partial charge in [-0.25, -0.2) is 4.79 Å². The lowest BCUT2D eigenvalue weighted by Crippen LogP contribution is -1.85. The van der Waals surface area contributed by atoms with Crippen molar-refractivity contribution in [2.75, 3.05) is 0 Å². The van der Waals surface area contributed by atoms with Gasteiger partial charge in [0.15, 0.2) is 0 Å². The number of carboxylic acid groups (broad SMARTS) is 1. The van der Waals surface area contributed by atoms with Gasteiger partial charge in [0.2, 0.25) is 0 Å². The number of aryl methyl sites for hydroxylation is 1. The normalized spacial score (nSPS) is 10.8. The van der Waals surface area contributed by atoms with Crippen LogP contribution in [0.3, 0.4) is 0 Å².